The van der Waals surface area contributed by atoms with E-state index in [9.17, 15) is 0 Å². The van der Waals surface area contributed by atoms with Crippen molar-refractivity contribution in [1.29, 1.82) is 0 Å². The molecule has 0 atom stereocenters. The van der Waals surface area contributed by atoms with Gasteiger partial charge in [-0.1, -0.05) is 23.7 Å². The van der Waals surface area contributed by atoms with Gasteiger partial charge in [0.15, 0.2) is 5.11 Å². The molecule has 0 radical (unpaired) electrons. The van der Waals surface area contributed by atoms with Gasteiger partial charge in [0.05, 0.1) is 52.5 Å². The van der Waals surface area contributed by atoms with Gasteiger partial charge in [-0.2, -0.15) is 0 Å². The van der Waals surface area contributed by atoms with Crippen molar-refractivity contribution in [1.82, 2.24) is 5.32 Å². The molecule has 2 aromatic rings. The van der Waals surface area contributed by atoms with E-state index >= 15 is 0 Å². The Labute approximate surface area is 178 Å². The second-order valence-electron chi connectivity index (χ2n) is 6.67. The lowest BCUT2D eigenvalue weighted by molar-refractivity contribution is -0.856. The molecule has 0 heterocycles. The average molecular weight is 423 g/mol. The smallest absolute Gasteiger partial charge is 0.173 e. The molecule has 0 aliphatic rings. The molecular formula is C21H29ClN3O2S+. The number of ether oxygens (including phenoxy) is 2. The fraction of sp³-hybridized carbons (Fsp3) is 0.381. The molecule has 7 heteroatoms. The molecule has 2 N–H and O–H groups in total. The van der Waals surface area contributed by atoms with Gasteiger partial charge >= 0.3 is 0 Å². The summed E-state index contributed by atoms with van der Waals surface area (Å²) in [5, 5.41) is 4.57. The van der Waals surface area contributed by atoms with Gasteiger partial charge in [-0.15, -0.1) is 0 Å². The molecule has 0 aromatic heterocycles. The van der Waals surface area contributed by atoms with Crippen molar-refractivity contribution in [2.45, 2.75) is 13.5 Å². The SMILES string of the molecule is CCOc1ccc(CN(C(=S)NCC[NH+](C)C)c2ccc(OC)c(Cl)c2)cc1. The third-order valence-corrected chi connectivity index (χ3v) is 4.83. The summed E-state index contributed by atoms with van der Waals surface area (Å²) in [6.07, 6.45) is 0. The normalized spacial score (nSPS) is 10.6. The molecule has 5 nitrogen and oxygen atoms in total. The van der Waals surface area contributed by atoms with Gasteiger partial charge in [0, 0.05) is 5.69 Å². The van der Waals surface area contributed by atoms with Gasteiger partial charge in [-0.3, -0.25) is 0 Å². The van der Waals surface area contributed by atoms with E-state index in [-0.39, 0.29) is 0 Å². The first kappa shape index (κ1) is 22.3. The van der Waals surface area contributed by atoms with Gasteiger partial charge in [-0.05, 0) is 55.0 Å². The lowest BCUT2D eigenvalue weighted by Gasteiger charge is -2.27. The first-order chi connectivity index (χ1) is 13.4. The third-order valence-electron chi connectivity index (χ3n) is 4.17. The van der Waals surface area contributed by atoms with Gasteiger partial charge in [0.1, 0.15) is 11.5 Å². The van der Waals surface area contributed by atoms with Crippen molar-refractivity contribution in [3.05, 3.63) is 53.1 Å². The maximum absolute atomic E-state index is 6.35. The van der Waals surface area contributed by atoms with Crippen LogP contribution in [0, 0.1) is 0 Å². The molecule has 152 valence electrons. The van der Waals surface area contributed by atoms with Crippen LogP contribution in [0.2, 0.25) is 5.02 Å². The first-order valence-corrected chi connectivity index (χ1v) is 10.1. The van der Waals surface area contributed by atoms with Crippen LogP contribution >= 0.6 is 23.8 Å². The fourth-order valence-corrected chi connectivity index (χ4v) is 3.18. The molecule has 2 aromatic carbocycles. The standard InChI is InChI=1S/C21H28ClN3O2S/c1-5-27-18-9-6-16(7-10-18)15-25(21(28)23-12-13-24(2)3)17-8-11-20(26-4)19(22)14-17/h6-11,14H,5,12-13,15H2,1-4H3,(H,23,28)/p+1. The average Bonchev–Trinajstić information content (AvgIpc) is 2.67. The maximum Gasteiger partial charge on any atom is 0.173 e. The summed E-state index contributed by atoms with van der Waals surface area (Å²) in [5.41, 5.74) is 2.03. The minimum absolute atomic E-state index is 0.553. The number of thiocarbonyl (C=S) groups is 1. The van der Waals surface area contributed by atoms with E-state index in [1.807, 2.05) is 42.2 Å². The summed E-state index contributed by atoms with van der Waals surface area (Å²) in [4.78, 5) is 3.40. The molecule has 0 aliphatic carbocycles. The van der Waals surface area contributed by atoms with Gasteiger partial charge in [0.25, 0.3) is 0 Å². The van der Waals surface area contributed by atoms with Crippen LogP contribution in [-0.4, -0.2) is 46.0 Å². The number of halogens is 1. The molecule has 0 unspecified atom stereocenters. The number of hydrogen-bond donors (Lipinski definition) is 2. The number of nitrogens with zero attached hydrogens (tertiary/aromatic N) is 1. The Bertz CT molecular complexity index is 769. The van der Waals surface area contributed by atoms with Crippen LogP contribution in [0.1, 0.15) is 12.5 Å². The summed E-state index contributed by atoms with van der Waals surface area (Å²) in [5.74, 6) is 1.50. The van der Waals surface area contributed by atoms with E-state index < -0.39 is 0 Å². The predicted octanol–water partition coefficient (Wildman–Crippen LogP) is 2.77. The maximum atomic E-state index is 6.35. The quantitative estimate of drug-likeness (QED) is 0.608. The molecule has 0 amide bonds. The molecular weight excluding hydrogens is 394 g/mol. The topological polar surface area (TPSA) is 38.2 Å². The molecule has 0 spiro atoms. The minimum atomic E-state index is 0.553. The number of hydrogen-bond acceptors (Lipinski definition) is 3. The predicted molar refractivity (Wildman–Crippen MR) is 120 cm³/mol. The van der Waals surface area contributed by atoms with Crippen LogP contribution in [0.4, 0.5) is 5.69 Å². The zero-order valence-electron chi connectivity index (χ0n) is 16.9. The summed E-state index contributed by atoms with van der Waals surface area (Å²) >= 11 is 12.0. The number of quaternary nitrogens is 1. The number of nitrogens with one attached hydrogen (secondary N) is 2. The largest absolute Gasteiger partial charge is 0.495 e. The molecule has 0 fully saturated rings. The van der Waals surface area contributed by atoms with Crippen LogP contribution in [0.25, 0.3) is 0 Å². The third kappa shape index (κ3) is 6.55. The van der Waals surface area contributed by atoms with E-state index in [0.717, 1.165) is 30.1 Å². The molecule has 0 aliphatic heterocycles. The minimum Gasteiger partial charge on any atom is -0.495 e. The summed E-state index contributed by atoms with van der Waals surface area (Å²) in [7, 11) is 5.84. The van der Waals surface area contributed by atoms with E-state index in [2.05, 4.69) is 31.5 Å². The van der Waals surface area contributed by atoms with Gasteiger partial charge < -0.3 is 24.6 Å². The second-order valence-corrected chi connectivity index (χ2v) is 7.46. The van der Waals surface area contributed by atoms with Crippen LogP contribution < -0.4 is 24.6 Å². The van der Waals surface area contributed by atoms with E-state index in [1.165, 1.54) is 4.90 Å². The Morgan fingerprint density at radius 3 is 2.46 bits per heavy atom. The van der Waals surface area contributed by atoms with Crippen molar-refractivity contribution in [2.24, 2.45) is 0 Å². The Kier molecular flexibility index (Phi) is 8.83. The Morgan fingerprint density at radius 2 is 1.89 bits per heavy atom. The Balaban J connectivity index is 2.22. The number of likely N-dealkylation sites (N-methyl/N-ethyl adjacent to an activating group) is 1. The van der Waals surface area contributed by atoms with Crippen molar-refractivity contribution in [3.63, 3.8) is 0 Å². The van der Waals surface area contributed by atoms with E-state index in [0.29, 0.717) is 29.0 Å². The van der Waals surface area contributed by atoms with E-state index in [1.54, 1.807) is 7.11 Å². The zero-order valence-corrected chi connectivity index (χ0v) is 18.5. The molecule has 28 heavy (non-hydrogen) atoms. The number of rotatable bonds is 9. The monoisotopic (exact) mass is 422 g/mol. The highest BCUT2D eigenvalue weighted by Gasteiger charge is 2.15. The first-order valence-electron chi connectivity index (χ1n) is 9.34. The fourth-order valence-electron chi connectivity index (χ4n) is 2.66. The van der Waals surface area contributed by atoms with Gasteiger partial charge in [-0.25, -0.2) is 0 Å². The summed E-state index contributed by atoms with van der Waals surface area (Å²) in [6.45, 7) is 5.02. The number of benzene rings is 2. The highest BCUT2D eigenvalue weighted by molar-refractivity contribution is 7.80. The highest BCUT2D eigenvalue weighted by atomic mass is 35.5. The molecule has 0 bridgehead atoms. The van der Waals surface area contributed by atoms with E-state index in [4.69, 9.17) is 33.3 Å². The van der Waals surface area contributed by atoms with Gasteiger partial charge in [0.2, 0.25) is 0 Å². The van der Waals surface area contributed by atoms with Crippen molar-refractivity contribution >= 4 is 34.6 Å². The zero-order chi connectivity index (χ0) is 20.5. The number of methoxy groups -OCH3 is 1. The molecule has 2 rings (SSSR count). The molecule has 0 saturated heterocycles. The van der Waals surface area contributed by atoms with Crippen LogP contribution in [0.15, 0.2) is 42.5 Å². The van der Waals surface area contributed by atoms with Crippen LogP contribution in [0.3, 0.4) is 0 Å². The van der Waals surface area contributed by atoms with Crippen LogP contribution in [0.5, 0.6) is 11.5 Å². The lowest BCUT2D eigenvalue weighted by atomic mass is 10.2. The Morgan fingerprint density at radius 1 is 1.18 bits per heavy atom. The number of anilines is 1. The van der Waals surface area contributed by atoms with Crippen molar-refractivity contribution in [2.75, 3.05) is 45.8 Å². The second kappa shape index (κ2) is 11.1. The summed E-state index contributed by atoms with van der Waals surface area (Å²) in [6, 6.07) is 13.7. The van der Waals surface area contributed by atoms with Crippen LogP contribution in [-0.2, 0) is 6.54 Å². The Hall–Kier alpha value is -2.02. The lowest BCUT2D eigenvalue weighted by Crippen LogP contribution is -3.06. The van der Waals surface area contributed by atoms with Crippen molar-refractivity contribution < 1.29 is 14.4 Å². The molecule has 0 saturated carbocycles. The summed E-state index contributed by atoms with van der Waals surface area (Å²) < 4.78 is 10.8. The van der Waals surface area contributed by atoms with Crippen molar-refractivity contribution in [3.8, 4) is 11.5 Å². The highest BCUT2D eigenvalue weighted by Crippen LogP contribution is 2.30.